The van der Waals surface area contributed by atoms with Crippen LogP contribution in [0.15, 0.2) is 35.4 Å². The average molecular weight is 289 g/mol. The summed E-state index contributed by atoms with van der Waals surface area (Å²) < 4.78 is 1.94. The molecular formula is C16H23N3S. The van der Waals surface area contributed by atoms with Gasteiger partial charge in [-0.1, -0.05) is 43.0 Å². The van der Waals surface area contributed by atoms with Crippen molar-refractivity contribution >= 4 is 11.8 Å². The molecule has 2 aromatic rings. The predicted octanol–water partition coefficient (Wildman–Crippen LogP) is 3.61. The van der Waals surface area contributed by atoms with E-state index in [0.717, 1.165) is 12.1 Å². The van der Waals surface area contributed by atoms with E-state index in [1.165, 1.54) is 16.2 Å². The molecule has 2 rings (SSSR count). The first-order valence-corrected chi connectivity index (χ1v) is 7.89. The van der Waals surface area contributed by atoms with Gasteiger partial charge >= 0.3 is 0 Å². The van der Waals surface area contributed by atoms with Crippen molar-refractivity contribution in [2.75, 3.05) is 0 Å². The van der Waals surface area contributed by atoms with Crippen molar-refractivity contribution in [3.8, 4) is 0 Å². The summed E-state index contributed by atoms with van der Waals surface area (Å²) in [5.41, 5.74) is 10.0. The molecule has 2 atom stereocenters. The van der Waals surface area contributed by atoms with Gasteiger partial charge in [0.05, 0.1) is 16.0 Å². The molecule has 0 fully saturated rings. The smallest absolute Gasteiger partial charge is 0.0945 e. The van der Waals surface area contributed by atoms with E-state index in [4.69, 9.17) is 5.73 Å². The first-order chi connectivity index (χ1) is 9.52. The molecule has 20 heavy (non-hydrogen) atoms. The fourth-order valence-electron chi connectivity index (χ4n) is 2.33. The minimum atomic E-state index is 0.135. The second-order valence-corrected chi connectivity index (χ2v) is 6.38. The zero-order chi connectivity index (χ0) is 14.7. The normalized spacial score (nSPS) is 14.2. The number of hydrogen-bond donors (Lipinski definition) is 1. The molecule has 0 saturated heterocycles. The van der Waals surface area contributed by atoms with Crippen LogP contribution in [0.5, 0.6) is 0 Å². The molecule has 0 aliphatic heterocycles. The SMILES string of the molecule is CCC(N)C(Sc1cc(C)nn1C)c1ccccc1C. The molecule has 1 aromatic carbocycles. The Morgan fingerprint density at radius 2 is 2.00 bits per heavy atom. The molecule has 3 nitrogen and oxygen atoms in total. The molecule has 0 radical (unpaired) electrons. The van der Waals surface area contributed by atoms with Crippen molar-refractivity contribution < 1.29 is 0 Å². The zero-order valence-electron chi connectivity index (χ0n) is 12.6. The largest absolute Gasteiger partial charge is 0.326 e. The minimum absolute atomic E-state index is 0.135. The highest BCUT2D eigenvalue weighted by Crippen LogP contribution is 2.39. The molecule has 2 unspecified atom stereocenters. The van der Waals surface area contributed by atoms with Gasteiger partial charge in [-0.15, -0.1) is 0 Å². The van der Waals surface area contributed by atoms with Gasteiger partial charge in [-0.25, -0.2) is 0 Å². The lowest BCUT2D eigenvalue weighted by Crippen LogP contribution is -2.26. The highest BCUT2D eigenvalue weighted by atomic mass is 32.2. The molecule has 2 N–H and O–H groups in total. The van der Waals surface area contributed by atoms with Gasteiger partial charge in [0.15, 0.2) is 0 Å². The quantitative estimate of drug-likeness (QED) is 0.855. The molecule has 108 valence electrons. The summed E-state index contributed by atoms with van der Waals surface area (Å²) in [4.78, 5) is 0. The Bertz CT molecular complexity index is 577. The van der Waals surface area contributed by atoms with Crippen LogP contribution in [0.1, 0.15) is 35.4 Å². The van der Waals surface area contributed by atoms with Gasteiger partial charge in [0.2, 0.25) is 0 Å². The first kappa shape index (κ1) is 15.1. The van der Waals surface area contributed by atoms with Crippen molar-refractivity contribution in [2.45, 2.75) is 43.5 Å². The van der Waals surface area contributed by atoms with Gasteiger partial charge in [-0.3, -0.25) is 4.68 Å². The molecule has 0 spiro atoms. The van der Waals surface area contributed by atoms with E-state index in [0.29, 0.717) is 0 Å². The maximum atomic E-state index is 6.37. The molecular weight excluding hydrogens is 266 g/mol. The van der Waals surface area contributed by atoms with Crippen LogP contribution in [0.25, 0.3) is 0 Å². The van der Waals surface area contributed by atoms with Crippen molar-refractivity contribution in [3.05, 3.63) is 47.2 Å². The third kappa shape index (κ3) is 3.25. The minimum Gasteiger partial charge on any atom is -0.326 e. The van der Waals surface area contributed by atoms with E-state index in [1.807, 2.05) is 30.4 Å². The summed E-state index contributed by atoms with van der Waals surface area (Å²) in [6.07, 6.45) is 0.961. The van der Waals surface area contributed by atoms with Crippen LogP contribution in [-0.4, -0.2) is 15.8 Å². The van der Waals surface area contributed by atoms with Gasteiger partial charge in [0.1, 0.15) is 0 Å². The number of rotatable bonds is 5. The Kier molecular flexibility index (Phi) is 4.89. The molecule has 1 heterocycles. The molecule has 0 aliphatic carbocycles. The molecule has 0 bridgehead atoms. The highest BCUT2D eigenvalue weighted by molar-refractivity contribution is 7.99. The second kappa shape index (κ2) is 6.46. The summed E-state index contributed by atoms with van der Waals surface area (Å²) in [5, 5.41) is 5.85. The maximum absolute atomic E-state index is 6.37. The van der Waals surface area contributed by atoms with Crippen molar-refractivity contribution in [1.29, 1.82) is 0 Å². The Morgan fingerprint density at radius 1 is 1.30 bits per heavy atom. The lowest BCUT2D eigenvalue weighted by atomic mass is 10.00. The van der Waals surface area contributed by atoms with E-state index >= 15 is 0 Å². The zero-order valence-corrected chi connectivity index (χ0v) is 13.4. The number of aryl methyl sites for hydroxylation is 3. The molecule has 4 heteroatoms. The fourth-order valence-corrected chi connectivity index (χ4v) is 3.78. The van der Waals surface area contributed by atoms with Gasteiger partial charge in [0, 0.05) is 13.1 Å². The molecule has 0 amide bonds. The summed E-state index contributed by atoms with van der Waals surface area (Å²) >= 11 is 1.81. The van der Waals surface area contributed by atoms with E-state index in [1.54, 1.807) is 0 Å². The van der Waals surface area contributed by atoms with Crippen LogP contribution in [0.2, 0.25) is 0 Å². The standard InChI is InChI=1S/C16H23N3S/c1-5-14(17)16(13-9-7-6-8-11(13)2)20-15-10-12(3)18-19(15)4/h6-10,14,16H,5,17H2,1-4H3. The van der Waals surface area contributed by atoms with Gasteiger partial charge in [-0.05, 0) is 37.5 Å². The van der Waals surface area contributed by atoms with E-state index in [2.05, 4.69) is 49.3 Å². The molecule has 0 saturated carbocycles. The van der Waals surface area contributed by atoms with Crippen LogP contribution in [0.3, 0.4) is 0 Å². The summed E-state index contributed by atoms with van der Waals surface area (Å²) in [7, 11) is 1.99. The fraction of sp³-hybridized carbons (Fsp3) is 0.438. The third-order valence-corrected chi connectivity index (χ3v) is 5.04. The number of hydrogen-bond acceptors (Lipinski definition) is 3. The molecule has 0 aliphatic rings. The lowest BCUT2D eigenvalue weighted by Gasteiger charge is -2.24. The molecule has 1 aromatic heterocycles. The Balaban J connectivity index is 2.34. The lowest BCUT2D eigenvalue weighted by molar-refractivity contribution is 0.626. The van der Waals surface area contributed by atoms with E-state index in [9.17, 15) is 0 Å². The van der Waals surface area contributed by atoms with Gasteiger partial charge < -0.3 is 5.73 Å². The Hall–Kier alpha value is -1.26. The summed E-state index contributed by atoms with van der Waals surface area (Å²) in [5.74, 6) is 0. The van der Waals surface area contributed by atoms with E-state index in [-0.39, 0.29) is 11.3 Å². The summed E-state index contributed by atoms with van der Waals surface area (Å²) in [6.45, 7) is 6.32. The summed E-state index contributed by atoms with van der Waals surface area (Å²) in [6, 6.07) is 10.8. The van der Waals surface area contributed by atoms with Crippen LogP contribution in [-0.2, 0) is 7.05 Å². The predicted molar refractivity (Wildman–Crippen MR) is 86.0 cm³/mol. The third-order valence-electron chi connectivity index (χ3n) is 3.56. The van der Waals surface area contributed by atoms with Gasteiger partial charge in [-0.2, -0.15) is 5.10 Å². The topological polar surface area (TPSA) is 43.8 Å². The van der Waals surface area contributed by atoms with Crippen LogP contribution in [0.4, 0.5) is 0 Å². The van der Waals surface area contributed by atoms with Crippen molar-refractivity contribution in [1.82, 2.24) is 9.78 Å². The number of thioether (sulfide) groups is 1. The monoisotopic (exact) mass is 289 g/mol. The number of nitrogens with zero attached hydrogens (tertiary/aromatic N) is 2. The van der Waals surface area contributed by atoms with Crippen molar-refractivity contribution in [3.63, 3.8) is 0 Å². The Morgan fingerprint density at radius 3 is 2.55 bits per heavy atom. The number of aromatic nitrogens is 2. The highest BCUT2D eigenvalue weighted by Gasteiger charge is 2.22. The van der Waals surface area contributed by atoms with Crippen LogP contribution < -0.4 is 5.73 Å². The average Bonchev–Trinajstić information content (AvgIpc) is 2.74. The number of benzene rings is 1. The van der Waals surface area contributed by atoms with E-state index < -0.39 is 0 Å². The maximum Gasteiger partial charge on any atom is 0.0945 e. The first-order valence-electron chi connectivity index (χ1n) is 7.01. The second-order valence-electron chi connectivity index (χ2n) is 5.21. The number of nitrogens with two attached hydrogens (primary N) is 1. The van der Waals surface area contributed by atoms with Crippen LogP contribution in [0, 0.1) is 13.8 Å². The Labute approximate surface area is 125 Å². The van der Waals surface area contributed by atoms with Crippen LogP contribution >= 0.6 is 11.8 Å². The van der Waals surface area contributed by atoms with Gasteiger partial charge in [0.25, 0.3) is 0 Å². The van der Waals surface area contributed by atoms with Crippen molar-refractivity contribution in [2.24, 2.45) is 12.8 Å².